The van der Waals surface area contributed by atoms with Gasteiger partial charge < -0.3 is 10.1 Å². The van der Waals surface area contributed by atoms with Gasteiger partial charge in [0.2, 0.25) is 0 Å². The van der Waals surface area contributed by atoms with Crippen molar-refractivity contribution >= 4 is 23.4 Å². The lowest BCUT2D eigenvalue weighted by molar-refractivity contribution is 0.0523. The molecular weight excluding hydrogens is 272 g/mol. The van der Waals surface area contributed by atoms with E-state index in [0.29, 0.717) is 11.8 Å². The summed E-state index contributed by atoms with van der Waals surface area (Å²) in [5, 5.41) is 3.19. The molecular formula is C15H20N2O2S. The zero-order chi connectivity index (χ0) is 14.6. The number of ether oxygens (including phenoxy) is 1. The van der Waals surface area contributed by atoms with Crippen molar-refractivity contribution in [3.05, 3.63) is 35.4 Å². The summed E-state index contributed by atoms with van der Waals surface area (Å²) in [5.74, 6) is 0. The van der Waals surface area contributed by atoms with E-state index in [2.05, 4.69) is 22.4 Å². The first kappa shape index (κ1) is 14.9. The fraction of sp³-hybridized carbons (Fsp3) is 0.467. The van der Waals surface area contributed by atoms with Crippen LogP contribution in [-0.2, 0) is 11.3 Å². The van der Waals surface area contributed by atoms with Gasteiger partial charge in [-0.1, -0.05) is 24.3 Å². The number of thioether (sulfide) groups is 1. The zero-order valence-electron chi connectivity index (χ0n) is 12.1. The van der Waals surface area contributed by atoms with Gasteiger partial charge in [0.15, 0.2) is 0 Å². The van der Waals surface area contributed by atoms with Gasteiger partial charge in [0.1, 0.15) is 5.60 Å². The maximum atomic E-state index is 11.6. The normalized spacial score (nSPS) is 18.1. The first-order chi connectivity index (χ1) is 9.44. The Bertz CT molecular complexity index is 484. The van der Waals surface area contributed by atoms with Crippen molar-refractivity contribution in [2.24, 2.45) is 4.99 Å². The molecule has 1 heterocycles. The third-order valence-corrected chi connectivity index (χ3v) is 3.78. The van der Waals surface area contributed by atoms with Crippen molar-refractivity contribution in [3.63, 3.8) is 0 Å². The number of carbonyl (C=O) groups excluding carboxylic acids is 1. The lowest BCUT2D eigenvalue weighted by Gasteiger charge is -2.19. The summed E-state index contributed by atoms with van der Waals surface area (Å²) >= 11 is 1.74. The van der Waals surface area contributed by atoms with E-state index in [4.69, 9.17) is 4.74 Å². The SMILES string of the molecule is CC(C)(C)OC(=O)NCc1ccc(C2CN=CS2)cc1. The molecule has 5 heteroatoms. The Morgan fingerprint density at radius 1 is 1.40 bits per heavy atom. The van der Waals surface area contributed by atoms with Gasteiger partial charge in [0.25, 0.3) is 0 Å². The monoisotopic (exact) mass is 292 g/mol. The second kappa shape index (κ2) is 6.31. The number of benzene rings is 1. The third kappa shape index (κ3) is 4.56. The first-order valence-corrected chi connectivity index (χ1v) is 7.58. The standard InChI is InChI=1S/C15H20N2O2S/c1-15(2,3)19-14(18)17-8-11-4-6-12(7-5-11)13-9-16-10-20-13/h4-7,10,13H,8-9H2,1-3H3,(H,17,18). The molecule has 1 N–H and O–H groups in total. The van der Waals surface area contributed by atoms with Crippen LogP contribution in [0.1, 0.15) is 37.1 Å². The van der Waals surface area contributed by atoms with Crippen LogP contribution >= 0.6 is 11.8 Å². The van der Waals surface area contributed by atoms with Crippen LogP contribution in [0.25, 0.3) is 0 Å². The Balaban J connectivity index is 1.83. The van der Waals surface area contributed by atoms with Crippen molar-refractivity contribution in [3.8, 4) is 0 Å². The Kier molecular flexibility index (Phi) is 4.70. The molecule has 1 aromatic carbocycles. The Hall–Kier alpha value is -1.49. The highest BCUT2D eigenvalue weighted by Crippen LogP contribution is 2.31. The Labute approximate surface area is 124 Å². The van der Waals surface area contributed by atoms with Crippen LogP contribution in [0.2, 0.25) is 0 Å². The molecule has 0 radical (unpaired) electrons. The van der Waals surface area contributed by atoms with Gasteiger partial charge in [-0.25, -0.2) is 4.79 Å². The molecule has 0 saturated carbocycles. The molecule has 0 aliphatic carbocycles. The maximum absolute atomic E-state index is 11.6. The minimum atomic E-state index is -0.465. The van der Waals surface area contributed by atoms with Crippen molar-refractivity contribution in [1.82, 2.24) is 5.32 Å². The maximum Gasteiger partial charge on any atom is 0.407 e. The fourth-order valence-corrected chi connectivity index (χ4v) is 2.63. The van der Waals surface area contributed by atoms with Gasteiger partial charge in [-0.2, -0.15) is 0 Å². The molecule has 1 unspecified atom stereocenters. The highest BCUT2D eigenvalue weighted by atomic mass is 32.2. The summed E-state index contributed by atoms with van der Waals surface area (Å²) in [7, 11) is 0. The van der Waals surface area contributed by atoms with Gasteiger partial charge in [0.05, 0.1) is 17.3 Å². The van der Waals surface area contributed by atoms with E-state index >= 15 is 0 Å². The predicted octanol–water partition coefficient (Wildman–Crippen LogP) is 3.53. The lowest BCUT2D eigenvalue weighted by atomic mass is 10.1. The van der Waals surface area contributed by atoms with E-state index in [1.54, 1.807) is 11.8 Å². The van der Waals surface area contributed by atoms with E-state index in [0.717, 1.165) is 12.1 Å². The third-order valence-electron chi connectivity index (χ3n) is 2.76. The number of hydrogen-bond acceptors (Lipinski definition) is 4. The zero-order valence-corrected chi connectivity index (χ0v) is 12.9. The topological polar surface area (TPSA) is 50.7 Å². The van der Waals surface area contributed by atoms with Crippen molar-refractivity contribution in [2.75, 3.05) is 6.54 Å². The summed E-state index contributed by atoms with van der Waals surface area (Å²) in [6.07, 6.45) is -0.388. The number of rotatable bonds is 3. The van der Waals surface area contributed by atoms with Crippen LogP contribution in [0.15, 0.2) is 29.3 Å². The number of amides is 1. The molecule has 1 aliphatic rings. The van der Waals surface area contributed by atoms with Crippen molar-refractivity contribution in [1.29, 1.82) is 0 Å². The van der Waals surface area contributed by atoms with Gasteiger partial charge in [-0.05, 0) is 31.9 Å². The largest absolute Gasteiger partial charge is 0.444 e. The quantitative estimate of drug-likeness (QED) is 0.927. The van der Waals surface area contributed by atoms with Crippen LogP contribution in [0.3, 0.4) is 0 Å². The molecule has 20 heavy (non-hydrogen) atoms. The van der Waals surface area contributed by atoms with E-state index in [-0.39, 0.29) is 6.09 Å². The fourth-order valence-electron chi connectivity index (χ4n) is 1.82. The van der Waals surface area contributed by atoms with Gasteiger partial charge in [0, 0.05) is 6.54 Å². The lowest BCUT2D eigenvalue weighted by Crippen LogP contribution is -2.32. The van der Waals surface area contributed by atoms with Crippen molar-refractivity contribution < 1.29 is 9.53 Å². The molecule has 1 amide bonds. The Morgan fingerprint density at radius 3 is 2.65 bits per heavy atom. The molecule has 0 fully saturated rings. The smallest absolute Gasteiger partial charge is 0.407 e. The van der Waals surface area contributed by atoms with Crippen LogP contribution in [0, 0.1) is 0 Å². The molecule has 4 nitrogen and oxygen atoms in total. The summed E-state index contributed by atoms with van der Waals surface area (Å²) in [6.45, 7) is 6.87. The number of carbonyl (C=O) groups is 1. The molecule has 0 aromatic heterocycles. The summed E-state index contributed by atoms with van der Waals surface area (Å²) in [4.78, 5) is 15.8. The minimum absolute atomic E-state index is 0.388. The van der Waals surface area contributed by atoms with E-state index in [9.17, 15) is 4.79 Å². The number of nitrogens with one attached hydrogen (secondary N) is 1. The molecule has 1 atom stereocenters. The number of aliphatic imine (C=N–C) groups is 1. The molecule has 0 bridgehead atoms. The van der Waals surface area contributed by atoms with Crippen LogP contribution in [0.5, 0.6) is 0 Å². The average Bonchev–Trinajstić information content (AvgIpc) is 2.89. The second-order valence-electron chi connectivity index (χ2n) is 5.69. The summed E-state index contributed by atoms with van der Waals surface area (Å²) in [5.41, 5.74) is 3.77. The van der Waals surface area contributed by atoms with Crippen molar-refractivity contribution in [2.45, 2.75) is 38.2 Å². The molecule has 2 rings (SSSR count). The second-order valence-corrected chi connectivity index (χ2v) is 6.74. The molecule has 0 saturated heterocycles. The van der Waals surface area contributed by atoms with Crippen LogP contribution in [-0.4, -0.2) is 23.8 Å². The summed E-state index contributed by atoms with van der Waals surface area (Å²) in [6, 6.07) is 8.26. The van der Waals surface area contributed by atoms with E-state index in [1.807, 2.05) is 38.5 Å². The highest BCUT2D eigenvalue weighted by molar-refractivity contribution is 8.12. The number of nitrogens with zero attached hydrogens (tertiary/aromatic N) is 1. The number of hydrogen-bond donors (Lipinski definition) is 1. The van der Waals surface area contributed by atoms with Crippen LogP contribution < -0.4 is 5.32 Å². The minimum Gasteiger partial charge on any atom is -0.444 e. The van der Waals surface area contributed by atoms with Gasteiger partial charge in [-0.15, -0.1) is 11.8 Å². The molecule has 1 aromatic rings. The predicted molar refractivity (Wildman–Crippen MR) is 83.2 cm³/mol. The summed E-state index contributed by atoms with van der Waals surface area (Å²) < 4.78 is 5.19. The first-order valence-electron chi connectivity index (χ1n) is 6.63. The average molecular weight is 292 g/mol. The van der Waals surface area contributed by atoms with Gasteiger partial charge >= 0.3 is 6.09 Å². The molecule has 108 valence electrons. The van der Waals surface area contributed by atoms with Crippen LogP contribution in [0.4, 0.5) is 4.79 Å². The Morgan fingerprint density at radius 2 is 2.10 bits per heavy atom. The highest BCUT2D eigenvalue weighted by Gasteiger charge is 2.16. The van der Waals surface area contributed by atoms with E-state index < -0.39 is 5.60 Å². The van der Waals surface area contributed by atoms with Gasteiger partial charge in [-0.3, -0.25) is 4.99 Å². The number of alkyl carbamates (subject to hydrolysis) is 1. The van der Waals surface area contributed by atoms with E-state index in [1.165, 1.54) is 5.56 Å². The molecule has 1 aliphatic heterocycles. The molecule has 0 spiro atoms.